The third-order valence-corrected chi connectivity index (χ3v) is 2.79. The van der Waals surface area contributed by atoms with Crippen molar-refractivity contribution in [2.24, 2.45) is 0 Å². The normalized spacial score (nSPS) is 10.1. The topological polar surface area (TPSA) is 32.6 Å². The van der Waals surface area contributed by atoms with Gasteiger partial charge in [0.2, 0.25) is 6.33 Å². The van der Waals surface area contributed by atoms with Crippen LogP contribution >= 0.6 is 11.8 Å². The molecule has 1 aromatic heterocycles. The van der Waals surface area contributed by atoms with Gasteiger partial charge in [0.25, 0.3) is 0 Å². The van der Waals surface area contributed by atoms with Gasteiger partial charge in [-0.3, -0.25) is 0 Å². The summed E-state index contributed by atoms with van der Waals surface area (Å²) in [5, 5.41) is 8.38. The van der Waals surface area contributed by atoms with E-state index in [4.69, 9.17) is 5.26 Å². The third kappa shape index (κ3) is 4.89. The molecule has 0 aliphatic heterocycles. The van der Waals surface area contributed by atoms with E-state index in [1.54, 1.807) is 0 Å². The average Bonchev–Trinajstić information content (AvgIpc) is 2.66. The molecule has 0 aliphatic carbocycles. The van der Waals surface area contributed by atoms with E-state index in [1.165, 1.54) is 0 Å². The molecule has 0 aliphatic rings. The van der Waals surface area contributed by atoms with Crippen molar-refractivity contribution in [2.45, 2.75) is 38.1 Å². The number of hydrogen-bond donors (Lipinski definition) is 0. The predicted octanol–water partition coefficient (Wildman–Crippen LogP) is 2.18. The molecule has 1 aromatic rings. The van der Waals surface area contributed by atoms with Crippen molar-refractivity contribution < 1.29 is 4.57 Å². The first-order valence-corrected chi connectivity index (χ1v) is 6.67. The zero-order valence-corrected chi connectivity index (χ0v) is 10.0. The Kier molecular flexibility index (Phi) is 5.94. The highest BCUT2D eigenvalue weighted by Crippen LogP contribution is 2.01. The monoisotopic (exact) mass is 224 g/mol. The van der Waals surface area contributed by atoms with E-state index in [-0.39, 0.29) is 0 Å². The van der Waals surface area contributed by atoms with Crippen LogP contribution in [0.1, 0.15) is 25.7 Å². The first kappa shape index (κ1) is 12.1. The van der Waals surface area contributed by atoms with E-state index in [2.05, 4.69) is 40.2 Å². The summed E-state index contributed by atoms with van der Waals surface area (Å²) in [4.78, 5) is 0. The standard InChI is InChI=1S/C11H18N3S/c1-15-11-14-9-8-13(10-14)7-5-3-2-4-6-12/h8-10H,2-5,7,11H2,1H3/q+1. The van der Waals surface area contributed by atoms with Gasteiger partial charge in [0.1, 0.15) is 18.3 Å². The number of aryl methyl sites for hydroxylation is 1. The fraction of sp³-hybridized carbons (Fsp3) is 0.636. The zero-order valence-electron chi connectivity index (χ0n) is 9.22. The van der Waals surface area contributed by atoms with Crippen LogP contribution in [0.5, 0.6) is 0 Å². The van der Waals surface area contributed by atoms with Crippen molar-refractivity contribution in [3.63, 3.8) is 0 Å². The first-order chi connectivity index (χ1) is 7.36. The number of aromatic nitrogens is 2. The number of thioether (sulfide) groups is 1. The van der Waals surface area contributed by atoms with Gasteiger partial charge in [0.05, 0.1) is 12.6 Å². The highest BCUT2D eigenvalue weighted by atomic mass is 32.2. The molecular formula is C11H18N3S+. The molecule has 0 N–H and O–H groups in total. The van der Waals surface area contributed by atoms with Gasteiger partial charge in [-0.25, -0.2) is 9.13 Å². The van der Waals surface area contributed by atoms with Gasteiger partial charge in [0.15, 0.2) is 0 Å². The fourth-order valence-electron chi connectivity index (χ4n) is 1.47. The SMILES string of the molecule is CSC[n+]1ccn(CCCCCC#N)c1. The molecule has 0 saturated carbocycles. The lowest BCUT2D eigenvalue weighted by molar-refractivity contribution is -0.675. The lowest BCUT2D eigenvalue weighted by Crippen LogP contribution is -2.28. The Bertz CT molecular complexity index is 314. The number of unbranched alkanes of at least 4 members (excludes halogenated alkanes) is 3. The number of rotatable bonds is 7. The molecule has 4 heteroatoms. The Hall–Kier alpha value is -0.950. The van der Waals surface area contributed by atoms with Crippen LogP contribution in [-0.2, 0) is 12.4 Å². The van der Waals surface area contributed by atoms with Gasteiger partial charge in [-0.1, -0.05) is 0 Å². The van der Waals surface area contributed by atoms with E-state index in [0.717, 1.165) is 31.7 Å². The highest BCUT2D eigenvalue weighted by molar-refractivity contribution is 7.97. The second-order valence-corrected chi connectivity index (χ2v) is 4.39. The van der Waals surface area contributed by atoms with Crippen LogP contribution in [0.25, 0.3) is 0 Å². The van der Waals surface area contributed by atoms with Crippen LogP contribution < -0.4 is 4.57 Å². The van der Waals surface area contributed by atoms with Crippen LogP contribution in [0.2, 0.25) is 0 Å². The van der Waals surface area contributed by atoms with Crippen LogP contribution in [-0.4, -0.2) is 10.8 Å². The summed E-state index contributed by atoms with van der Waals surface area (Å²) in [6.07, 6.45) is 12.5. The number of nitriles is 1. The second-order valence-electron chi connectivity index (χ2n) is 3.55. The summed E-state index contributed by atoms with van der Waals surface area (Å²) >= 11 is 1.82. The highest BCUT2D eigenvalue weighted by Gasteiger charge is 2.01. The summed E-state index contributed by atoms with van der Waals surface area (Å²) in [7, 11) is 0. The Morgan fingerprint density at radius 1 is 1.40 bits per heavy atom. The maximum atomic E-state index is 8.38. The van der Waals surface area contributed by atoms with E-state index in [9.17, 15) is 0 Å². The molecule has 3 nitrogen and oxygen atoms in total. The minimum absolute atomic E-state index is 0.693. The van der Waals surface area contributed by atoms with Crippen LogP contribution in [0.3, 0.4) is 0 Å². The molecule has 1 rings (SSSR count). The average molecular weight is 224 g/mol. The summed E-state index contributed by atoms with van der Waals surface area (Å²) in [6, 6.07) is 2.17. The van der Waals surface area contributed by atoms with Crippen molar-refractivity contribution >= 4 is 11.8 Å². The molecule has 0 amide bonds. The molecule has 82 valence electrons. The number of imidazole rings is 1. The lowest BCUT2D eigenvalue weighted by Gasteiger charge is -1.95. The number of nitrogens with zero attached hydrogens (tertiary/aromatic N) is 3. The summed E-state index contributed by atoms with van der Waals surface area (Å²) in [5.41, 5.74) is 0. The van der Waals surface area contributed by atoms with Gasteiger partial charge in [-0.2, -0.15) is 5.26 Å². The van der Waals surface area contributed by atoms with Crippen molar-refractivity contribution in [1.29, 1.82) is 5.26 Å². The van der Waals surface area contributed by atoms with Gasteiger partial charge in [0, 0.05) is 6.42 Å². The maximum absolute atomic E-state index is 8.38. The van der Waals surface area contributed by atoms with E-state index in [0.29, 0.717) is 6.42 Å². The van der Waals surface area contributed by atoms with Crippen molar-refractivity contribution in [2.75, 3.05) is 6.26 Å². The molecule has 0 spiro atoms. The maximum Gasteiger partial charge on any atom is 0.244 e. The van der Waals surface area contributed by atoms with Crippen molar-refractivity contribution in [3.05, 3.63) is 18.7 Å². The van der Waals surface area contributed by atoms with Gasteiger partial charge in [-0.15, -0.1) is 11.8 Å². The molecule has 0 bridgehead atoms. The summed E-state index contributed by atoms with van der Waals surface area (Å²) in [6.45, 7) is 1.06. The Labute approximate surface area is 95.7 Å². The van der Waals surface area contributed by atoms with Crippen LogP contribution in [0.4, 0.5) is 0 Å². The minimum Gasteiger partial charge on any atom is -0.237 e. The van der Waals surface area contributed by atoms with Crippen LogP contribution in [0.15, 0.2) is 18.7 Å². The van der Waals surface area contributed by atoms with Crippen LogP contribution in [0, 0.1) is 11.3 Å². The second kappa shape index (κ2) is 7.36. The minimum atomic E-state index is 0.693. The molecule has 0 saturated heterocycles. The third-order valence-electron chi connectivity index (χ3n) is 2.23. The molecule has 0 atom stereocenters. The summed E-state index contributed by atoms with van der Waals surface area (Å²) in [5.74, 6) is 1.02. The molecule has 0 fully saturated rings. The molecule has 1 heterocycles. The molecule has 0 radical (unpaired) electrons. The molecular weight excluding hydrogens is 206 g/mol. The van der Waals surface area contributed by atoms with Crippen molar-refractivity contribution in [1.82, 2.24) is 4.57 Å². The molecule has 0 aromatic carbocycles. The van der Waals surface area contributed by atoms with E-state index < -0.39 is 0 Å². The number of hydrogen-bond acceptors (Lipinski definition) is 2. The largest absolute Gasteiger partial charge is 0.244 e. The van der Waals surface area contributed by atoms with Gasteiger partial charge < -0.3 is 0 Å². The Morgan fingerprint density at radius 3 is 3.00 bits per heavy atom. The predicted molar refractivity (Wildman–Crippen MR) is 62.2 cm³/mol. The summed E-state index contributed by atoms with van der Waals surface area (Å²) < 4.78 is 4.39. The molecule has 15 heavy (non-hydrogen) atoms. The van der Waals surface area contributed by atoms with Gasteiger partial charge in [-0.05, 0) is 25.5 Å². The van der Waals surface area contributed by atoms with Crippen molar-refractivity contribution in [3.8, 4) is 6.07 Å². The zero-order chi connectivity index (χ0) is 10.9. The lowest BCUT2D eigenvalue weighted by atomic mass is 10.2. The van der Waals surface area contributed by atoms with E-state index >= 15 is 0 Å². The fourth-order valence-corrected chi connectivity index (χ4v) is 1.92. The Balaban J connectivity index is 2.17. The quantitative estimate of drug-likeness (QED) is 0.525. The first-order valence-electron chi connectivity index (χ1n) is 5.27. The van der Waals surface area contributed by atoms with Gasteiger partial charge >= 0.3 is 0 Å². The van der Waals surface area contributed by atoms with E-state index in [1.807, 2.05) is 11.8 Å². The molecule has 0 unspecified atom stereocenters. The smallest absolute Gasteiger partial charge is 0.237 e. The Morgan fingerprint density at radius 2 is 2.27 bits per heavy atom.